The fraction of sp³-hybridized carbons (Fsp3) is 0.174. The highest BCUT2D eigenvalue weighted by Gasteiger charge is 2.17. The minimum Gasteiger partial charge on any atom is -0.485 e. The van der Waals surface area contributed by atoms with Crippen molar-refractivity contribution in [3.05, 3.63) is 88.0 Å². The molecule has 4 aromatic rings. The second kappa shape index (κ2) is 8.91. The predicted molar refractivity (Wildman–Crippen MR) is 121 cm³/mol. The number of carbonyl (C=O) groups excluding carboxylic acids is 1. The van der Waals surface area contributed by atoms with Crippen LogP contribution in [0.2, 0.25) is 0 Å². The lowest BCUT2D eigenvalue weighted by atomic mass is 10.2. The van der Waals surface area contributed by atoms with Gasteiger partial charge in [-0.2, -0.15) is 0 Å². The first-order chi connectivity index (χ1) is 15.8. The number of aryl methyl sites for hydroxylation is 1. The molecule has 0 spiro atoms. The van der Waals surface area contributed by atoms with E-state index >= 15 is 0 Å². The van der Waals surface area contributed by atoms with Crippen LogP contribution in [0.5, 0.6) is 5.75 Å². The highest BCUT2D eigenvalue weighted by molar-refractivity contribution is 7.91. The third kappa shape index (κ3) is 4.80. The summed E-state index contributed by atoms with van der Waals surface area (Å²) in [6.45, 7) is 3.17. The maximum Gasteiger partial charge on any atom is 0.287 e. The van der Waals surface area contributed by atoms with Crippen LogP contribution in [0, 0.1) is 6.92 Å². The van der Waals surface area contributed by atoms with Crippen molar-refractivity contribution in [2.24, 2.45) is 0 Å². The summed E-state index contributed by atoms with van der Waals surface area (Å²) in [5.41, 5.74) is 0.902. The van der Waals surface area contributed by atoms with Gasteiger partial charge in [-0.3, -0.25) is 9.59 Å². The molecule has 0 saturated heterocycles. The lowest BCUT2D eigenvalue weighted by Gasteiger charge is -2.14. The number of aromatic nitrogens is 2. The van der Waals surface area contributed by atoms with Gasteiger partial charge in [0.15, 0.2) is 15.5 Å². The first-order valence-corrected chi connectivity index (χ1v) is 11.8. The van der Waals surface area contributed by atoms with Crippen molar-refractivity contribution in [3.63, 3.8) is 0 Å². The summed E-state index contributed by atoms with van der Waals surface area (Å²) < 4.78 is 36.9. The van der Waals surface area contributed by atoms with E-state index in [1.165, 1.54) is 24.3 Å². The van der Waals surface area contributed by atoms with Crippen LogP contribution in [-0.4, -0.2) is 29.6 Å². The second-order valence-corrected chi connectivity index (χ2v) is 9.53. The van der Waals surface area contributed by atoms with Crippen LogP contribution < -0.4 is 15.6 Å². The van der Waals surface area contributed by atoms with Crippen molar-refractivity contribution in [3.8, 4) is 5.75 Å². The van der Waals surface area contributed by atoms with Crippen molar-refractivity contribution >= 4 is 27.1 Å². The number of anilines is 1. The standard InChI is InChI=1S/C23H21N3O6S/c1-3-33(29,30)18-9-10-20(19(13-18)25-23(28)16-7-5-4-6-8-16)31-14-17-12-22(27)26-21(24-17)11-15(2)32-26/h4-13H,3,14H2,1-2H3,(H,25,28). The molecule has 0 aliphatic heterocycles. The Labute approximate surface area is 189 Å². The monoisotopic (exact) mass is 467 g/mol. The number of rotatable bonds is 7. The Bertz CT molecular complexity index is 1490. The number of carbonyl (C=O) groups is 1. The van der Waals surface area contributed by atoms with Crippen molar-refractivity contribution in [1.82, 2.24) is 9.56 Å². The molecule has 2 aromatic carbocycles. The summed E-state index contributed by atoms with van der Waals surface area (Å²) >= 11 is 0. The van der Waals surface area contributed by atoms with E-state index in [4.69, 9.17) is 9.26 Å². The summed E-state index contributed by atoms with van der Waals surface area (Å²) in [4.78, 5) is 29.3. The molecule has 0 radical (unpaired) electrons. The summed E-state index contributed by atoms with van der Waals surface area (Å²) in [7, 11) is -3.51. The first kappa shape index (κ1) is 22.3. The van der Waals surface area contributed by atoms with Crippen LogP contribution >= 0.6 is 0 Å². The molecule has 1 N–H and O–H groups in total. The Morgan fingerprint density at radius 1 is 1.12 bits per heavy atom. The van der Waals surface area contributed by atoms with Gasteiger partial charge in [0.25, 0.3) is 11.5 Å². The fourth-order valence-corrected chi connectivity index (χ4v) is 4.08. The topological polar surface area (TPSA) is 120 Å². The Hall–Kier alpha value is -3.92. The van der Waals surface area contributed by atoms with E-state index in [0.717, 1.165) is 4.57 Å². The van der Waals surface area contributed by atoms with Crippen LogP contribution in [0.25, 0.3) is 5.65 Å². The zero-order valence-corrected chi connectivity index (χ0v) is 18.8. The Morgan fingerprint density at radius 2 is 1.88 bits per heavy atom. The molecule has 2 heterocycles. The lowest BCUT2D eigenvalue weighted by molar-refractivity contribution is 0.102. The summed E-state index contributed by atoms with van der Waals surface area (Å²) in [6.07, 6.45) is 0. The van der Waals surface area contributed by atoms with Gasteiger partial charge in [0, 0.05) is 17.7 Å². The molecule has 10 heteroatoms. The Morgan fingerprint density at radius 3 is 2.61 bits per heavy atom. The summed E-state index contributed by atoms with van der Waals surface area (Å²) in [6, 6.07) is 15.7. The van der Waals surface area contributed by atoms with Gasteiger partial charge >= 0.3 is 0 Å². The number of fused-ring (bicyclic) bond motifs is 1. The molecule has 0 aliphatic rings. The Kier molecular flexibility index (Phi) is 6.01. The highest BCUT2D eigenvalue weighted by atomic mass is 32.2. The molecule has 0 unspecified atom stereocenters. The van der Waals surface area contributed by atoms with E-state index in [-0.39, 0.29) is 28.7 Å². The molecule has 0 aliphatic carbocycles. The molecule has 4 rings (SSSR count). The highest BCUT2D eigenvalue weighted by Crippen LogP contribution is 2.29. The number of ether oxygens (including phenoxy) is 1. The van der Waals surface area contributed by atoms with Crippen LogP contribution in [0.1, 0.15) is 28.7 Å². The second-order valence-electron chi connectivity index (χ2n) is 7.25. The third-order valence-electron chi connectivity index (χ3n) is 4.87. The van der Waals surface area contributed by atoms with E-state index in [9.17, 15) is 18.0 Å². The van der Waals surface area contributed by atoms with Crippen molar-refractivity contribution < 1.29 is 22.5 Å². The minimum absolute atomic E-state index is 0.0624. The quantitative estimate of drug-likeness (QED) is 0.443. The molecule has 2 aromatic heterocycles. The molecule has 1 amide bonds. The Balaban J connectivity index is 1.65. The van der Waals surface area contributed by atoms with Gasteiger partial charge in [-0.05, 0) is 37.3 Å². The normalized spacial score (nSPS) is 11.5. The van der Waals surface area contributed by atoms with Crippen molar-refractivity contribution in [2.45, 2.75) is 25.3 Å². The maximum absolute atomic E-state index is 12.7. The molecular formula is C23H21N3O6S. The third-order valence-corrected chi connectivity index (χ3v) is 6.61. The number of benzene rings is 2. The number of hydrogen-bond donors (Lipinski definition) is 1. The van der Waals surface area contributed by atoms with Gasteiger partial charge in [0.1, 0.15) is 18.1 Å². The van der Waals surface area contributed by atoms with Crippen molar-refractivity contribution in [1.29, 1.82) is 0 Å². The fourth-order valence-electron chi connectivity index (χ4n) is 3.18. The predicted octanol–water partition coefficient (Wildman–Crippen LogP) is 3.22. The number of sulfone groups is 1. The van der Waals surface area contributed by atoms with Crippen LogP contribution in [0.3, 0.4) is 0 Å². The number of nitrogens with zero attached hydrogens (tertiary/aromatic N) is 2. The van der Waals surface area contributed by atoms with E-state index in [2.05, 4.69) is 10.3 Å². The van der Waals surface area contributed by atoms with E-state index in [0.29, 0.717) is 22.7 Å². The number of hydrogen-bond acceptors (Lipinski definition) is 7. The zero-order valence-electron chi connectivity index (χ0n) is 17.9. The molecule has 9 nitrogen and oxygen atoms in total. The van der Waals surface area contributed by atoms with Crippen LogP contribution in [0.4, 0.5) is 5.69 Å². The average molecular weight is 468 g/mol. The average Bonchev–Trinajstić information content (AvgIpc) is 3.19. The van der Waals surface area contributed by atoms with Crippen LogP contribution in [0.15, 0.2) is 74.9 Å². The summed E-state index contributed by atoms with van der Waals surface area (Å²) in [5, 5.41) is 2.71. The number of nitrogens with one attached hydrogen (secondary N) is 1. The van der Waals surface area contributed by atoms with Gasteiger partial charge < -0.3 is 14.6 Å². The van der Waals surface area contributed by atoms with Gasteiger partial charge in [0.2, 0.25) is 0 Å². The molecule has 0 fully saturated rings. The molecule has 33 heavy (non-hydrogen) atoms. The number of amides is 1. The summed E-state index contributed by atoms with van der Waals surface area (Å²) in [5.74, 6) is 0.270. The lowest BCUT2D eigenvalue weighted by Crippen LogP contribution is -2.16. The van der Waals surface area contributed by atoms with Crippen molar-refractivity contribution in [2.75, 3.05) is 11.1 Å². The molecule has 170 valence electrons. The largest absolute Gasteiger partial charge is 0.485 e. The zero-order chi connectivity index (χ0) is 23.6. The first-order valence-electron chi connectivity index (χ1n) is 10.1. The SMILES string of the molecule is CCS(=O)(=O)c1ccc(OCc2cc(=O)n3oc(C)cc3n2)c(NC(=O)c2ccccc2)c1. The molecular weight excluding hydrogens is 446 g/mol. The maximum atomic E-state index is 12.7. The van der Waals surface area contributed by atoms with Crippen LogP contribution in [-0.2, 0) is 16.4 Å². The van der Waals surface area contributed by atoms with Gasteiger partial charge in [-0.1, -0.05) is 25.1 Å². The molecule has 0 saturated carbocycles. The molecule has 0 bridgehead atoms. The minimum atomic E-state index is -3.51. The van der Waals surface area contributed by atoms with E-state index in [1.807, 2.05) is 0 Å². The smallest absolute Gasteiger partial charge is 0.287 e. The molecule has 0 atom stereocenters. The van der Waals surface area contributed by atoms with E-state index < -0.39 is 21.3 Å². The van der Waals surface area contributed by atoms with E-state index in [1.54, 1.807) is 50.2 Å². The van der Waals surface area contributed by atoms with Gasteiger partial charge in [-0.25, -0.2) is 13.4 Å². The van der Waals surface area contributed by atoms with Gasteiger partial charge in [-0.15, -0.1) is 4.57 Å². The van der Waals surface area contributed by atoms with Gasteiger partial charge in [0.05, 0.1) is 22.0 Å².